The van der Waals surface area contributed by atoms with E-state index in [4.69, 9.17) is 0 Å². The molecule has 0 radical (unpaired) electrons. The van der Waals surface area contributed by atoms with E-state index in [-0.39, 0.29) is 17.1 Å². The first kappa shape index (κ1) is 13.5. The molecule has 0 saturated carbocycles. The Labute approximate surface area is 102 Å². The number of rotatable bonds is 3. The molecule has 4 heteroatoms. The van der Waals surface area contributed by atoms with Crippen LogP contribution in [0.3, 0.4) is 0 Å². The molecule has 1 aromatic heterocycles. The van der Waals surface area contributed by atoms with Crippen LogP contribution < -0.4 is 5.32 Å². The molecule has 1 unspecified atom stereocenters. The van der Waals surface area contributed by atoms with Crippen molar-refractivity contribution in [2.45, 2.75) is 27.7 Å². The quantitative estimate of drug-likeness (QED) is 0.845. The molecule has 1 rings (SSSR count). The summed E-state index contributed by atoms with van der Waals surface area (Å²) in [5.41, 5.74) is 0.538. The predicted octanol–water partition coefficient (Wildman–Crippen LogP) is 2.20. The highest BCUT2D eigenvalue weighted by molar-refractivity contribution is 5.94. The van der Waals surface area contributed by atoms with E-state index in [0.29, 0.717) is 18.0 Å². The molecule has 0 aliphatic rings. The average Bonchev–Trinajstić information content (AvgIpc) is 2.24. The highest BCUT2D eigenvalue weighted by Gasteiger charge is 2.20. The van der Waals surface area contributed by atoms with Crippen molar-refractivity contribution in [2.75, 3.05) is 6.54 Å². The Kier molecular flexibility index (Phi) is 4.10. The number of nitrogens with zero attached hydrogens (tertiary/aromatic N) is 1. The molecule has 0 aromatic carbocycles. The molecule has 0 aliphatic heterocycles. The molecule has 1 heterocycles. The van der Waals surface area contributed by atoms with Crippen LogP contribution in [0.1, 0.15) is 38.1 Å². The van der Waals surface area contributed by atoms with Gasteiger partial charge in [-0.1, -0.05) is 27.7 Å². The lowest BCUT2D eigenvalue weighted by Gasteiger charge is -2.27. The second-order valence-electron chi connectivity index (χ2n) is 5.41. The molecule has 2 N–H and O–H groups in total. The van der Waals surface area contributed by atoms with Gasteiger partial charge in [0.05, 0.1) is 11.8 Å². The summed E-state index contributed by atoms with van der Waals surface area (Å²) in [6, 6.07) is 1.41. The SMILES string of the molecule is CC(CNC(=O)c1cncc(O)c1)C(C)(C)C. The largest absolute Gasteiger partial charge is 0.506 e. The summed E-state index contributed by atoms with van der Waals surface area (Å²) in [5.74, 6) is 0.169. The van der Waals surface area contributed by atoms with Gasteiger partial charge >= 0.3 is 0 Å². The van der Waals surface area contributed by atoms with Crippen LogP contribution in [0.15, 0.2) is 18.5 Å². The van der Waals surface area contributed by atoms with Gasteiger partial charge in [-0.2, -0.15) is 0 Å². The number of amides is 1. The van der Waals surface area contributed by atoms with Gasteiger partial charge in [-0.3, -0.25) is 9.78 Å². The van der Waals surface area contributed by atoms with Gasteiger partial charge in [0.2, 0.25) is 0 Å². The van der Waals surface area contributed by atoms with E-state index in [0.717, 1.165) is 0 Å². The maximum Gasteiger partial charge on any atom is 0.252 e. The Hall–Kier alpha value is -1.58. The molecule has 17 heavy (non-hydrogen) atoms. The first-order valence-electron chi connectivity index (χ1n) is 5.73. The third-order valence-electron chi connectivity index (χ3n) is 3.03. The second-order valence-corrected chi connectivity index (χ2v) is 5.41. The van der Waals surface area contributed by atoms with Gasteiger partial charge in [-0.15, -0.1) is 0 Å². The summed E-state index contributed by atoms with van der Waals surface area (Å²) in [4.78, 5) is 15.5. The maximum atomic E-state index is 11.8. The highest BCUT2D eigenvalue weighted by atomic mass is 16.3. The average molecular weight is 236 g/mol. The fourth-order valence-corrected chi connectivity index (χ4v) is 1.21. The minimum absolute atomic E-state index is 0.00141. The van der Waals surface area contributed by atoms with Crippen LogP contribution in [-0.4, -0.2) is 22.5 Å². The Morgan fingerprint density at radius 2 is 2.12 bits per heavy atom. The number of carbonyl (C=O) groups excluding carboxylic acids is 1. The minimum Gasteiger partial charge on any atom is -0.506 e. The summed E-state index contributed by atoms with van der Waals surface area (Å²) in [6.45, 7) is 9.12. The van der Waals surface area contributed by atoms with Gasteiger partial charge in [0, 0.05) is 12.7 Å². The normalized spacial score (nSPS) is 13.2. The summed E-state index contributed by atoms with van der Waals surface area (Å²) in [7, 11) is 0. The molecule has 4 nitrogen and oxygen atoms in total. The van der Waals surface area contributed by atoms with Crippen molar-refractivity contribution in [3.63, 3.8) is 0 Å². The van der Waals surface area contributed by atoms with Crippen molar-refractivity contribution >= 4 is 5.91 Å². The molecule has 0 spiro atoms. The van der Waals surface area contributed by atoms with Crippen LogP contribution in [0.4, 0.5) is 0 Å². The second kappa shape index (κ2) is 5.17. The molecule has 0 fully saturated rings. The van der Waals surface area contributed by atoms with Gasteiger partial charge in [0.1, 0.15) is 5.75 Å². The van der Waals surface area contributed by atoms with Crippen LogP contribution in [0.25, 0.3) is 0 Å². The van der Waals surface area contributed by atoms with Crippen LogP contribution in [0, 0.1) is 11.3 Å². The summed E-state index contributed by atoms with van der Waals surface area (Å²) in [6.07, 6.45) is 2.74. The molecule has 1 atom stereocenters. The van der Waals surface area contributed by atoms with Crippen molar-refractivity contribution in [1.29, 1.82) is 0 Å². The van der Waals surface area contributed by atoms with E-state index in [9.17, 15) is 9.90 Å². The lowest BCUT2D eigenvalue weighted by atomic mass is 9.82. The van der Waals surface area contributed by atoms with Gasteiger partial charge < -0.3 is 10.4 Å². The fourth-order valence-electron chi connectivity index (χ4n) is 1.21. The Bertz CT molecular complexity index is 397. The zero-order chi connectivity index (χ0) is 13.1. The zero-order valence-electron chi connectivity index (χ0n) is 10.8. The van der Waals surface area contributed by atoms with E-state index in [1.807, 2.05) is 0 Å². The number of aromatic nitrogens is 1. The van der Waals surface area contributed by atoms with E-state index in [1.54, 1.807) is 0 Å². The number of pyridine rings is 1. The molecule has 0 aliphatic carbocycles. The van der Waals surface area contributed by atoms with Crippen molar-refractivity contribution in [2.24, 2.45) is 11.3 Å². The van der Waals surface area contributed by atoms with Gasteiger partial charge in [-0.05, 0) is 17.4 Å². The number of hydrogen-bond donors (Lipinski definition) is 2. The van der Waals surface area contributed by atoms with Crippen LogP contribution in [0.5, 0.6) is 5.75 Å². The number of carbonyl (C=O) groups is 1. The van der Waals surface area contributed by atoms with E-state index >= 15 is 0 Å². The number of hydrogen-bond acceptors (Lipinski definition) is 3. The monoisotopic (exact) mass is 236 g/mol. The van der Waals surface area contributed by atoms with E-state index in [2.05, 4.69) is 38.0 Å². The summed E-state index contributed by atoms with van der Waals surface area (Å²) < 4.78 is 0. The lowest BCUT2D eigenvalue weighted by molar-refractivity contribution is 0.0936. The third kappa shape index (κ3) is 4.06. The Balaban J connectivity index is 2.57. The number of aromatic hydroxyl groups is 1. The van der Waals surface area contributed by atoms with Crippen LogP contribution in [0.2, 0.25) is 0 Å². The topological polar surface area (TPSA) is 62.2 Å². The standard InChI is InChI=1S/C13H20N2O2/c1-9(13(2,3)4)6-15-12(17)10-5-11(16)8-14-7-10/h5,7-9,16H,6H2,1-4H3,(H,15,17). The third-order valence-corrected chi connectivity index (χ3v) is 3.03. The van der Waals surface area contributed by atoms with E-state index in [1.165, 1.54) is 18.5 Å². The van der Waals surface area contributed by atoms with Crippen molar-refractivity contribution in [1.82, 2.24) is 10.3 Å². The minimum atomic E-state index is -0.204. The lowest BCUT2D eigenvalue weighted by Crippen LogP contribution is -2.33. The summed E-state index contributed by atoms with van der Waals surface area (Å²) >= 11 is 0. The predicted molar refractivity (Wildman–Crippen MR) is 66.9 cm³/mol. The smallest absolute Gasteiger partial charge is 0.252 e. The Morgan fingerprint density at radius 1 is 1.47 bits per heavy atom. The molecular formula is C13H20N2O2. The Morgan fingerprint density at radius 3 is 2.65 bits per heavy atom. The molecule has 1 amide bonds. The molecular weight excluding hydrogens is 216 g/mol. The summed E-state index contributed by atoms with van der Waals surface area (Å²) in [5, 5.41) is 12.1. The van der Waals surface area contributed by atoms with Gasteiger partial charge in [0.15, 0.2) is 0 Å². The molecule has 94 valence electrons. The first-order chi connectivity index (χ1) is 7.80. The van der Waals surface area contributed by atoms with Gasteiger partial charge in [-0.25, -0.2) is 0 Å². The van der Waals surface area contributed by atoms with Crippen LogP contribution >= 0.6 is 0 Å². The maximum absolute atomic E-state index is 11.8. The highest BCUT2D eigenvalue weighted by Crippen LogP contribution is 2.24. The molecule has 0 saturated heterocycles. The molecule has 1 aromatic rings. The fraction of sp³-hybridized carbons (Fsp3) is 0.538. The first-order valence-corrected chi connectivity index (χ1v) is 5.73. The van der Waals surface area contributed by atoms with Crippen molar-refractivity contribution < 1.29 is 9.90 Å². The van der Waals surface area contributed by atoms with Crippen molar-refractivity contribution in [3.8, 4) is 5.75 Å². The van der Waals surface area contributed by atoms with Gasteiger partial charge in [0.25, 0.3) is 5.91 Å². The van der Waals surface area contributed by atoms with Crippen molar-refractivity contribution in [3.05, 3.63) is 24.0 Å². The van der Waals surface area contributed by atoms with E-state index < -0.39 is 0 Å². The zero-order valence-corrected chi connectivity index (χ0v) is 10.8. The molecule has 0 bridgehead atoms. The van der Waals surface area contributed by atoms with Crippen LogP contribution in [-0.2, 0) is 0 Å². The number of nitrogens with one attached hydrogen (secondary N) is 1.